The molecular formula is C26H48ClN3O11. The van der Waals surface area contributed by atoms with Crippen molar-refractivity contribution in [1.29, 1.82) is 0 Å². The largest absolute Gasteiger partial charge is 0.480 e. The Morgan fingerprint density at radius 1 is 0.634 bits per heavy atom. The van der Waals surface area contributed by atoms with Crippen molar-refractivity contribution >= 4 is 59.5 Å². The molecule has 0 aromatic heterocycles. The van der Waals surface area contributed by atoms with E-state index >= 15 is 0 Å². The number of nitrogens with one attached hydrogen (secondary N) is 2. The quantitative estimate of drug-likeness (QED) is 0.160. The maximum atomic E-state index is 11.4. The molecule has 5 N–H and O–H groups in total. The molecule has 0 saturated carbocycles. The predicted molar refractivity (Wildman–Crippen MR) is 153 cm³/mol. The van der Waals surface area contributed by atoms with Crippen molar-refractivity contribution in [2.24, 2.45) is 5.73 Å². The fraction of sp³-hybridized carbons (Fsp3) is 0.692. The second-order valence-corrected chi connectivity index (χ2v) is 7.81. The second-order valence-electron chi connectivity index (χ2n) is 7.81. The molecule has 0 aliphatic carbocycles. The van der Waals surface area contributed by atoms with Gasteiger partial charge in [-0.2, -0.15) is 0 Å². The number of ether oxygens (including phenoxy) is 2. The fourth-order valence-electron chi connectivity index (χ4n) is 2.25. The number of ketones is 3. The van der Waals surface area contributed by atoms with E-state index in [9.17, 15) is 38.4 Å². The Morgan fingerprint density at radius 3 is 1.39 bits per heavy atom. The molecule has 15 heteroatoms. The molecule has 0 radical (unpaired) electrons. The number of esters is 2. The molecule has 41 heavy (non-hydrogen) atoms. The van der Waals surface area contributed by atoms with Crippen LogP contribution in [0, 0.1) is 0 Å². The molecule has 0 rings (SSSR count). The maximum absolute atomic E-state index is 11.4. The molecule has 0 aliphatic rings. The summed E-state index contributed by atoms with van der Waals surface area (Å²) in [5, 5.41) is 12.8. The molecule has 0 aliphatic heterocycles. The fourth-order valence-corrected chi connectivity index (χ4v) is 2.25. The summed E-state index contributed by atoms with van der Waals surface area (Å²) in [4.78, 5) is 86.2. The van der Waals surface area contributed by atoms with Crippen molar-refractivity contribution in [3.63, 3.8) is 0 Å². The number of carboxylic acids is 1. The van der Waals surface area contributed by atoms with E-state index in [-0.39, 0.29) is 107 Å². The SMILES string of the molecule is C.CCC(=O)CCC(=O)NCC(=O)CCCC(=O)OC.CCC(=O)CCC(=O)NCC(=O)O.COC(=O)CCN.Cl. The van der Waals surface area contributed by atoms with Crippen LogP contribution in [-0.4, -0.2) is 86.0 Å². The van der Waals surface area contributed by atoms with Crippen LogP contribution in [-0.2, 0) is 47.8 Å². The number of halogens is 1. The summed E-state index contributed by atoms with van der Waals surface area (Å²) in [6.07, 6.45) is 2.55. The monoisotopic (exact) mass is 613 g/mol. The summed E-state index contributed by atoms with van der Waals surface area (Å²) >= 11 is 0. The molecule has 0 unspecified atom stereocenters. The molecule has 240 valence electrons. The number of aliphatic carboxylic acids is 1. The van der Waals surface area contributed by atoms with E-state index in [0.29, 0.717) is 32.2 Å². The molecule has 14 nitrogen and oxygen atoms in total. The number of carbonyl (C=O) groups is 8. The van der Waals surface area contributed by atoms with Crippen molar-refractivity contribution in [2.75, 3.05) is 33.9 Å². The average Bonchev–Trinajstić information content (AvgIpc) is 2.92. The van der Waals surface area contributed by atoms with Gasteiger partial charge in [0.25, 0.3) is 0 Å². The molecule has 0 aromatic carbocycles. The van der Waals surface area contributed by atoms with Gasteiger partial charge in [0.05, 0.1) is 27.2 Å². The Morgan fingerprint density at radius 2 is 1.05 bits per heavy atom. The first kappa shape index (κ1) is 47.4. The zero-order chi connectivity index (χ0) is 30.6. The lowest BCUT2D eigenvalue weighted by atomic mass is 10.1. The molecule has 0 aromatic rings. The lowest BCUT2D eigenvalue weighted by Crippen LogP contribution is -2.29. The summed E-state index contributed by atoms with van der Waals surface area (Å²) in [6, 6.07) is 0. The van der Waals surface area contributed by atoms with Crippen LogP contribution in [0.1, 0.15) is 85.5 Å². The van der Waals surface area contributed by atoms with Crippen LogP contribution in [0.15, 0.2) is 0 Å². The molecule has 2 amide bonds. The van der Waals surface area contributed by atoms with Crippen LogP contribution in [0.25, 0.3) is 0 Å². The van der Waals surface area contributed by atoms with E-state index in [1.165, 1.54) is 14.2 Å². The van der Waals surface area contributed by atoms with Crippen molar-refractivity contribution < 1.29 is 52.9 Å². The first-order valence-corrected chi connectivity index (χ1v) is 12.5. The number of methoxy groups -OCH3 is 2. The van der Waals surface area contributed by atoms with Crippen LogP contribution in [0.5, 0.6) is 0 Å². The molecule has 0 heterocycles. The van der Waals surface area contributed by atoms with Gasteiger partial charge in [-0.15, -0.1) is 12.4 Å². The number of rotatable bonds is 18. The smallest absolute Gasteiger partial charge is 0.322 e. The van der Waals surface area contributed by atoms with Gasteiger partial charge in [-0.1, -0.05) is 21.3 Å². The number of carboxylic acid groups (broad SMARTS) is 1. The van der Waals surface area contributed by atoms with Gasteiger partial charge in [0.2, 0.25) is 11.8 Å². The van der Waals surface area contributed by atoms with E-state index in [0.717, 1.165) is 0 Å². The van der Waals surface area contributed by atoms with E-state index in [1.807, 2.05) is 0 Å². The van der Waals surface area contributed by atoms with Gasteiger partial charge >= 0.3 is 17.9 Å². The summed E-state index contributed by atoms with van der Waals surface area (Å²) in [5.74, 6) is -2.50. The number of Topliss-reactive ketones (excluding diaryl/α,β-unsaturated/α-hetero) is 3. The third-order valence-electron chi connectivity index (χ3n) is 4.61. The zero-order valence-corrected chi connectivity index (χ0v) is 24.5. The summed E-state index contributed by atoms with van der Waals surface area (Å²) in [6.45, 7) is 3.38. The van der Waals surface area contributed by atoms with Crippen LogP contribution in [0.3, 0.4) is 0 Å². The highest BCUT2D eigenvalue weighted by atomic mass is 35.5. The average molecular weight is 614 g/mol. The second kappa shape index (κ2) is 32.8. The highest BCUT2D eigenvalue weighted by molar-refractivity contribution is 5.89. The van der Waals surface area contributed by atoms with Crippen molar-refractivity contribution in [3.05, 3.63) is 0 Å². The lowest BCUT2D eigenvalue weighted by Gasteiger charge is -2.04. The van der Waals surface area contributed by atoms with E-state index in [4.69, 9.17) is 10.8 Å². The molecular weight excluding hydrogens is 566 g/mol. The van der Waals surface area contributed by atoms with Gasteiger partial charge in [0.15, 0.2) is 5.78 Å². The van der Waals surface area contributed by atoms with E-state index < -0.39 is 11.9 Å². The molecule has 0 atom stereocenters. The predicted octanol–water partition coefficient (Wildman–Crippen LogP) is 1.29. The Bertz CT molecular complexity index is 806. The minimum Gasteiger partial charge on any atom is -0.480 e. The van der Waals surface area contributed by atoms with Gasteiger partial charge < -0.3 is 30.9 Å². The van der Waals surface area contributed by atoms with E-state index in [2.05, 4.69) is 20.1 Å². The van der Waals surface area contributed by atoms with Crippen LogP contribution < -0.4 is 16.4 Å². The third-order valence-corrected chi connectivity index (χ3v) is 4.61. The van der Waals surface area contributed by atoms with Crippen molar-refractivity contribution in [3.8, 4) is 0 Å². The van der Waals surface area contributed by atoms with Crippen molar-refractivity contribution in [1.82, 2.24) is 10.6 Å². The highest BCUT2D eigenvalue weighted by Gasteiger charge is 2.09. The summed E-state index contributed by atoms with van der Waals surface area (Å²) in [7, 11) is 2.64. The minimum atomic E-state index is -1.09. The van der Waals surface area contributed by atoms with Crippen molar-refractivity contribution in [2.45, 2.75) is 85.5 Å². The standard InChI is InChI=1S/C13H21NO5.C8H13NO4.C4H9NO2.CH4.ClH/c1-3-10(15)7-8-12(17)14-9-11(16)5-4-6-13(18)19-2;1-2-6(10)3-4-7(11)9-5-8(12)13;1-7-4(6)2-3-5;;/h3-9H2,1-2H3,(H,14,17);2-5H2,1H3,(H,9,11)(H,12,13);2-3,5H2,1H3;1H4;1H. The van der Waals surface area contributed by atoms with Crippen LogP contribution in [0.4, 0.5) is 0 Å². The van der Waals surface area contributed by atoms with Crippen LogP contribution >= 0.6 is 12.4 Å². The molecule has 0 saturated heterocycles. The number of hydrogen-bond acceptors (Lipinski definition) is 11. The van der Waals surface area contributed by atoms with Gasteiger partial charge in [0, 0.05) is 57.9 Å². The van der Waals surface area contributed by atoms with Gasteiger partial charge in [0.1, 0.15) is 18.1 Å². The molecule has 0 fully saturated rings. The summed E-state index contributed by atoms with van der Waals surface area (Å²) in [5.41, 5.74) is 5.00. The normalized spacial score (nSPS) is 8.90. The van der Waals surface area contributed by atoms with Gasteiger partial charge in [-0.05, 0) is 6.42 Å². The highest BCUT2D eigenvalue weighted by Crippen LogP contribution is 1.99. The molecule has 0 bridgehead atoms. The number of carbonyl (C=O) groups excluding carboxylic acids is 7. The molecule has 0 spiro atoms. The Hall–Kier alpha value is -3.39. The van der Waals surface area contributed by atoms with Gasteiger partial charge in [-0.3, -0.25) is 38.4 Å². The maximum Gasteiger partial charge on any atom is 0.322 e. The third kappa shape index (κ3) is 38.8. The Balaban J connectivity index is -0.000000171. The van der Waals surface area contributed by atoms with Gasteiger partial charge in [-0.25, -0.2) is 0 Å². The summed E-state index contributed by atoms with van der Waals surface area (Å²) < 4.78 is 8.71. The Kier molecular flexibility index (Phi) is 37.9. The number of hydrogen-bond donors (Lipinski definition) is 4. The number of amides is 2. The minimum absolute atomic E-state index is 0. The lowest BCUT2D eigenvalue weighted by molar-refractivity contribution is -0.141. The Labute approximate surface area is 248 Å². The zero-order valence-electron chi connectivity index (χ0n) is 23.7. The van der Waals surface area contributed by atoms with E-state index in [1.54, 1.807) is 13.8 Å². The first-order valence-electron chi connectivity index (χ1n) is 12.5. The topological polar surface area (TPSA) is 225 Å². The number of nitrogens with two attached hydrogens (primary N) is 1. The first-order chi connectivity index (χ1) is 18.4. The van der Waals surface area contributed by atoms with Crippen LogP contribution in [0.2, 0.25) is 0 Å².